The van der Waals surface area contributed by atoms with E-state index in [2.05, 4.69) is 10.6 Å². The number of thioether (sulfide) groups is 2. The van der Waals surface area contributed by atoms with Gasteiger partial charge in [0, 0.05) is 17.1 Å². The first-order valence-corrected chi connectivity index (χ1v) is 16.3. The molecule has 222 valence electrons. The average molecular weight is 614 g/mol. The third kappa shape index (κ3) is 11.5. The molecule has 0 aromatic heterocycles. The van der Waals surface area contributed by atoms with Gasteiger partial charge in [-0.1, -0.05) is 78.9 Å². The Hall–Kier alpha value is -4.25. The van der Waals surface area contributed by atoms with Crippen LogP contribution in [0.25, 0.3) is 0 Å². The van der Waals surface area contributed by atoms with E-state index in [9.17, 15) is 19.6 Å². The standard InChI is InChI=1S/C33H35N5O3S2/c34-18-20-36-32(40)30(17-23-43-25-27-12-6-2-7-13-27)38(21-19-35)33(41)29(37-31(39)28-14-8-3-9-15-28)16-22-42-24-26-10-4-1-5-11-26/h1-15,29-30H,16-17,20-25H2,(H,36,40)(H,37,39)/t29-,30-/m1/s1. The third-order valence-corrected chi connectivity index (χ3v) is 8.62. The van der Waals surface area contributed by atoms with Crippen molar-refractivity contribution in [3.05, 3.63) is 108 Å². The summed E-state index contributed by atoms with van der Waals surface area (Å²) in [5.41, 5.74) is 2.70. The van der Waals surface area contributed by atoms with Gasteiger partial charge < -0.3 is 15.5 Å². The highest BCUT2D eigenvalue weighted by Gasteiger charge is 2.34. The molecule has 0 saturated carbocycles. The van der Waals surface area contributed by atoms with Gasteiger partial charge >= 0.3 is 0 Å². The lowest BCUT2D eigenvalue weighted by Gasteiger charge is -2.32. The van der Waals surface area contributed by atoms with E-state index in [0.717, 1.165) is 22.6 Å². The first-order valence-electron chi connectivity index (χ1n) is 13.9. The van der Waals surface area contributed by atoms with Gasteiger partial charge in [-0.05, 0) is 47.6 Å². The Kier molecular flexibility index (Phi) is 14.7. The fourth-order valence-electron chi connectivity index (χ4n) is 4.30. The minimum absolute atomic E-state index is 0.217. The van der Waals surface area contributed by atoms with E-state index >= 15 is 0 Å². The van der Waals surface area contributed by atoms with Crippen LogP contribution in [0.2, 0.25) is 0 Å². The molecule has 3 amide bonds. The maximum Gasteiger partial charge on any atom is 0.251 e. The Bertz CT molecular complexity index is 1380. The van der Waals surface area contributed by atoms with Crippen LogP contribution in [0.3, 0.4) is 0 Å². The van der Waals surface area contributed by atoms with Gasteiger partial charge in [-0.2, -0.15) is 34.0 Å². The predicted octanol–water partition coefficient (Wildman–Crippen LogP) is 4.79. The summed E-state index contributed by atoms with van der Waals surface area (Å²) in [6.45, 7) is -0.549. The molecule has 0 aliphatic rings. The molecule has 0 aliphatic carbocycles. The van der Waals surface area contributed by atoms with Gasteiger partial charge in [-0.3, -0.25) is 14.4 Å². The largest absolute Gasteiger partial charge is 0.341 e. The van der Waals surface area contributed by atoms with Gasteiger partial charge in [0.05, 0.1) is 12.1 Å². The van der Waals surface area contributed by atoms with Crippen molar-refractivity contribution in [3.63, 3.8) is 0 Å². The molecule has 0 fully saturated rings. The number of amides is 3. The minimum atomic E-state index is -0.975. The monoisotopic (exact) mass is 613 g/mol. The van der Waals surface area contributed by atoms with Crippen LogP contribution >= 0.6 is 23.5 Å². The van der Waals surface area contributed by atoms with Gasteiger partial charge in [0.15, 0.2) is 0 Å². The van der Waals surface area contributed by atoms with Crippen molar-refractivity contribution >= 4 is 41.2 Å². The maximum atomic E-state index is 14.0. The summed E-state index contributed by atoms with van der Waals surface area (Å²) in [5, 5.41) is 24.1. The predicted molar refractivity (Wildman–Crippen MR) is 172 cm³/mol. The Morgan fingerprint density at radius 1 is 0.744 bits per heavy atom. The second-order valence-corrected chi connectivity index (χ2v) is 11.8. The van der Waals surface area contributed by atoms with E-state index in [1.807, 2.05) is 72.8 Å². The molecule has 0 spiro atoms. The number of nitriles is 2. The van der Waals surface area contributed by atoms with Gasteiger partial charge in [0.25, 0.3) is 5.91 Å². The van der Waals surface area contributed by atoms with Crippen LogP contribution in [0.4, 0.5) is 0 Å². The number of rotatable bonds is 17. The van der Waals surface area contributed by atoms with E-state index < -0.39 is 29.8 Å². The smallest absolute Gasteiger partial charge is 0.251 e. The van der Waals surface area contributed by atoms with Crippen molar-refractivity contribution in [2.24, 2.45) is 0 Å². The number of benzene rings is 3. The second-order valence-electron chi connectivity index (χ2n) is 9.56. The number of carbonyl (C=O) groups is 3. The summed E-state index contributed by atoms with van der Waals surface area (Å²) in [4.78, 5) is 41.6. The molecule has 3 aromatic carbocycles. The number of carbonyl (C=O) groups excluding carboxylic acids is 3. The minimum Gasteiger partial charge on any atom is -0.341 e. The Morgan fingerprint density at radius 2 is 1.28 bits per heavy atom. The molecule has 3 rings (SSSR count). The zero-order valence-electron chi connectivity index (χ0n) is 23.9. The van der Waals surface area contributed by atoms with Gasteiger partial charge in [0.1, 0.15) is 25.2 Å². The lowest BCUT2D eigenvalue weighted by atomic mass is 10.1. The topological polar surface area (TPSA) is 126 Å². The molecule has 3 aromatic rings. The highest BCUT2D eigenvalue weighted by molar-refractivity contribution is 7.98. The molecule has 0 unspecified atom stereocenters. The SMILES string of the molecule is N#CCNC(=O)[C@@H](CCSCc1ccccc1)N(CC#N)C(=O)[C@@H](CCSCc1ccccc1)NC(=O)c1ccccc1. The number of hydrogen-bond acceptors (Lipinski definition) is 7. The van der Waals surface area contributed by atoms with Crippen molar-refractivity contribution < 1.29 is 14.4 Å². The third-order valence-electron chi connectivity index (χ3n) is 6.49. The summed E-state index contributed by atoms with van der Waals surface area (Å²) >= 11 is 3.25. The Morgan fingerprint density at radius 3 is 1.81 bits per heavy atom. The van der Waals surface area contributed by atoms with Gasteiger partial charge in [0.2, 0.25) is 11.8 Å². The first kappa shape index (κ1) is 33.3. The second kappa shape index (κ2) is 19.0. The molecule has 2 atom stereocenters. The molecule has 0 bridgehead atoms. The molecule has 0 saturated heterocycles. The van der Waals surface area contributed by atoms with Crippen molar-refractivity contribution in [3.8, 4) is 12.1 Å². The van der Waals surface area contributed by atoms with E-state index in [1.54, 1.807) is 53.9 Å². The number of hydrogen-bond donors (Lipinski definition) is 2. The summed E-state index contributed by atoms with van der Waals surface area (Å²) in [6, 6.07) is 30.5. The fourth-order valence-corrected chi connectivity index (χ4v) is 6.24. The van der Waals surface area contributed by atoms with E-state index in [1.165, 1.54) is 4.90 Å². The van der Waals surface area contributed by atoms with E-state index in [-0.39, 0.29) is 19.5 Å². The van der Waals surface area contributed by atoms with Crippen LogP contribution in [-0.4, -0.2) is 59.3 Å². The van der Waals surface area contributed by atoms with Crippen LogP contribution in [-0.2, 0) is 21.1 Å². The van der Waals surface area contributed by atoms with Crippen LogP contribution in [0.5, 0.6) is 0 Å². The van der Waals surface area contributed by atoms with Crippen LogP contribution in [0.1, 0.15) is 34.3 Å². The van der Waals surface area contributed by atoms with E-state index in [0.29, 0.717) is 23.5 Å². The highest BCUT2D eigenvalue weighted by atomic mass is 32.2. The van der Waals surface area contributed by atoms with Crippen LogP contribution in [0, 0.1) is 22.7 Å². The Labute approximate surface area is 261 Å². The van der Waals surface area contributed by atoms with E-state index in [4.69, 9.17) is 5.26 Å². The average Bonchev–Trinajstić information content (AvgIpc) is 3.05. The molecular weight excluding hydrogens is 579 g/mol. The van der Waals surface area contributed by atoms with Crippen LogP contribution < -0.4 is 10.6 Å². The summed E-state index contributed by atoms with van der Waals surface area (Å²) in [5.74, 6) is 1.17. The molecule has 0 heterocycles. The lowest BCUT2D eigenvalue weighted by Crippen LogP contribution is -2.56. The quantitative estimate of drug-likeness (QED) is 0.166. The highest BCUT2D eigenvalue weighted by Crippen LogP contribution is 2.19. The van der Waals surface area contributed by atoms with Gasteiger partial charge in [-0.15, -0.1) is 0 Å². The van der Waals surface area contributed by atoms with Crippen molar-refractivity contribution in [2.45, 2.75) is 36.4 Å². The molecule has 43 heavy (non-hydrogen) atoms. The molecule has 0 aliphatic heterocycles. The summed E-state index contributed by atoms with van der Waals surface area (Å²) < 4.78 is 0. The van der Waals surface area contributed by atoms with Gasteiger partial charge in [-0.25, -0.2) is 0 Å². The number of nitrogens with one attached hydrogen (secondary N) is 2. The van der Waals surface area contributed by atoms with Crippen molar-refractivity contribution in [1.82, 2.24) is 15.5 Å². The fraction of sp³-hybridized carbons (Fsp3) is 0.303. The molecule has 10 heteroatoms. The lowest BCUT2D eigenvalue weighted by molar-refractivity contribution is -0.141. The summed E-state index contributed by atoms with van der Waals surface area (Å²) in [6.07, 6.45) is 0.594. The van der Waals surface area contributed by atoms with Crippen molar-refractivity contribution in [1.29, 1.82) is 10.5 Å². The van der Waals surface area contributed by atoms with Crippen LogP contribution in [0.15, 0.2) is 91.0 Å². The normalized spacial score (nSPS) is 11.8. The maximum absolute atomic E-state index is 14.0. The summed E-state index contributed by atoms with van der Waals surface area (Å²) in [7, 11) is 0. The number of nitrogens with zero attached hydrogens (tertiary/aromatic N) is 3. The first-order chi connectivity index (χ1) is 21.0. The molecule has 2 N–H and O–H groups in total. The van der Waals surface area contributed by atoms with Crippen molar-refractivity contribution in [2.75, 3.05) is 24.6 Å². The molecular formula is C33H35N5O3S2. The zero-order valence-corrected chi connectivity index (χ0v) is 25.5. The molecule has 8 nitrogen and oxygen atoms in total. The molecule has 0 radical (unpaired) electrons. The zero-order chi connectivity index (χ0) is 30.7. The Balaban J connectivity index is 1.77.